The average Bonchev–Trinajstić information content (AvgIpc) is 2.61. The molecule has 2 fully saturated rings. The van der Waals surface area contributed by atoms with Crippen LogP contribution in [0.5, 0.6) is 0 Å². The van der Waals surface area contributed by atoms with Crippen molar-refractivity contribution in [2.45, 2.75) is 31.5 Å². The second-order valence-electron chi connectivity index (χ2n) is 3.78. The van der Waals surface area contributed by atoms with Gasteiger partial charge in [0.05, 0.1) is 31.3 Å². The first kappa shape index (κ1) is 8.97. The Morgan fingerprint density at radius 1 is 1.69 bits per heavy atom. The Bertz CT molecular complexity index is 218. The molecule has 0 saturated carbocycles. The standard InChI is InChI=1S/C9H14O4/c1-2-9-5-12-7(4-13-9)6(9)3-8(10)11/h6-7H,2-5H2,1H3,(H,10,11)/t6-,7-,9-/m0/s1. The van der Waals surface area contributed by atoms with Gasteiger partial charge in [-0.25, -0.2) is 0 Å². The molecule has 2 rings (SSSR count). The molecule has 74 valence electrons. The molecule has 3 atom stereocenters. The van der Waals surface area contributed by atoms with Gasteiger partial charge in [-0.15, -0.1) is 0 Å². The molecule has 0 unspecified atom stereocenters. The Labute approximate surface area is 76.8 Å². The topological polar surface area (TPSA) is 55.8 Å². The molecule has 0 spiro atoms. The highest BCUT2D eigenvalue weighted by atomic mass is 16.6. The second kappa shape index (κ2) is 2.96. The molecule has 4 nitrogen and oxygen atoms in total. The third-order valence-corrected chi connectivity index (χ3v) is 3.19. The lowest BCUT2D eigenvalue weighted by Crippen LogP contribution is -2.36. The summed E-state index contributed by atoms with van der Waals surface area (Å²) in [7, 11) is 0. The summed E-state index contributed by atoms with van der Waals surface area (Å²) in [6.07, 6.45) is 1.01. The van der Waals surface area contributed by atoms with Gasteiger partial charge in [0.2, 0.25) is 0 Å². The summed E-state index contributed by atoms with van der Waals surface area (Å²) in [4.78, 5) is 10.6. The lowest BCUT2D eigenvalue weighted by Gasteiger charge is -2.27. The van der Waals surface area contributed by atoms with Crippen LogP contribution in [-0.2, 0) is 14.3 Å². The average molecular weight is 186 g/mol. The molecule has 0 aliphatic carbocycles. The number of hydrogen-bond donors (Lipinski definition) is 1. The van der Waals surface area contributed by atoms with E-state index in [2.05, 4.69) is 0 Å². The van der Waals surface area contributed by atoms with Crippen molar-refractivity contribution < 1.29 is 19.4 Å². The maximum Gasteiger partial charge on any atom is 0.303 e. The predicted octanol–water partition coefficient (Wildman–Crippen LogP) is 0.655. The van der Waals surface area contributed by atoms with Crippen molar-refractivity contribution in [3.05, 3.63) is 0 Å². The van der Waals surface area contributed by atoms with Crippen LogP contribution < -0.4 is 0 Å². The van der Waals surface area contributed by atoms with Gasteiger partial charge in [-0.1, -0.05) is 6.92 Å². The predicted molar refractivity (Wildman–Crippen MR) is 44.5 cm³/mol. The fourth-order valence-corrected chi connectivity index (χ4v) is 2.34. The Hall–Kier alpha value is -0.610. The van der Waals surface area contributed by atoms with E-state index in [1.165, 1.54) is 0 Å². The summed E-state index contributed by atoms with van der Waals surface area (Å²) in [5.41, 5.74) is -0.303. The van der Waals surface area contributed by atoms with E-state index in [4.69, 9.17) is 14.6 Å². The highest BCUT2D eigenvalue weighted by Gasteiger charge is 2.55. The van der Waals surface area contributed by atoms with Crippen molar-refractivity contribution in [3.63, 3.8) is 0 Å². The molecule has 2 aliphatic rings. The van der Waals surface area contributed by atoms with Gasteiger partial charge >= 0.3 is 5.97 Å². The van der Waals surface area contributed by atoms with Crippen molar-refractivity contribution in [1.82, 2.24) is 0 Å². The van der Waals surface area contributed by atoms with Crippen molar-refractivity contribution in [2.75, 3.05) is 13.2 Å². The lowest BCUT2D eigenvalue weighted by atomic mass is 9.84. The van der Waals surface area contributed by atoms with Gasteiger partial charge < -0.3 is 14.6 Å². The Balaban J connectivity index is 2.13. The Morgan fingerprint density at radius 3 is 2.92 bits per heavy atom. The minimum atomic E-state index is -0.760. The van der Waals surface area contributed by atoms with E-state index in [1.54, 1.807) is 0 Å². The minimum Gasteiger partial charge on any atom is -0.481 e. The van der Waals surface area contributed by atoms with E-state index in [0.717, 1.165) is 6.42 Å². The van der Waals surface area contributed by atoms with Gasteiger partial charge in [-0.2, -0.15) is 0 Å². The van der Waals surface area contributed by atoms with Crippen LogP contribution in [0.1, 0.15) is 19.8 Å². The van der Waals surface area contributed by atoms with E-state index in [9.17, 15) is 4.79 Å². The Kier molecular flexibility index (Phi) is 2.04. The van der Waals surface area contributed by atoms with Gasteiger partial charge in [0, 0.05) is 5.92 Å². The van der Waals surface area contributed by atoms with Crippen LogP contribution in [0.15, 0.2) is 0 Å². The van der Waals surface area contributed by atoms with Crippen LogP contribution in [0.3, 0.4) is 0 Å². The number of aliphatic carboxylic acids is 1. The summed E-state index contributed by atoms with van der Waals surface area (Å²) in [5.74, 6) is -0.709. The van der Waals surface area contributed by atoms with Crippen molar-refractivity contribution >= 4 is 5.97 Å². The lowest BCUT2D eigenvalue weighted by molar-refractivity contribution is -0.139. The molecule has 4 heteroatoms. The molecule has 0 aromatic rings. The molecule has 2 heterocycles. The molecule has 0 radical (unpaired) electrons. The van der Waals surface area contributed by atoms with E-state index < -0.39 is 5.97 Å². The summed E-state index contributed by atoms with van der Waals surface area (Å²) >= 11 is 0. The molecule has 2 aliphatic heterocycles. The van der Waals surface area contributed by atoms with Gasteiger partial charge in [0.25, 0.3) is 0 Å². The number of hydrogen-bond acceptors (Lipinski definition) is 3. The van der Waals surface area contributed by atoms with Crippen LogP contribution in [0, 0.1) is 5.92 Å². The third-order valence-electron chi connectivity index (χ3n) is 3.19. The molecule has 2 bridgehead atoms. The van der Waals surface area contributed by atoms with Crippen LogP contribution in [0.25, 0.3) is 0 Å². The van der Waals surface area contributed by atoms with Crippen LogP contribution >= 0.6 is 0 Å². The molecular weight excluding hydrogens is 172 g/mol. The van der Waals surface area contributed by atoms with Crippen molar-refractivity contribution in [3.8, 4) is 0 Å². The highest BCUT2D eigenvalue weighted by Crippen LogP contribution is 2.44. The first-order valence-corrected chi connectivity index (χ1v) is 4.65. The zero-order valence-electron chi connectivity index (χ0n) is 7.66. The smallest absolute Gasteiger partial charge is 0.303 e. The first-order chi connectivity index (χ1) is 6.18. The maximum atomic E-state index is 10.6. The normalized spacial score (nSPS) is 42.5. The Morgan fingerprint density at radius 2 is 2.46 bits per heavy atom. The van der Waals surface area contributed by atoms with Crippen molar-refractivity contribution in [2.24, 2.45) is 5.92 Å². The zero-order chi connectivity index (χ0) is 9.47. The van der Waals surface area contributed by atoms with Crippen molar-refractivity contribution in [1.29, 1.82) is 0 Å². The van der Waals surface area contributed by atoms with E-state index in [0.29, 0.717) is 13.2 Å². The molecular formula is C9H14O4. The van der Waals surface area contributed by atoms with Crippen LogP contribution in [0.2, 0.25) is 0 Å². The molecule has 2 saturated heterocycles. The molecule has 13 heavy (non-hydrogen) atoms. The maximum absolute atomic E-state index is 10.6. The molecule has 0 aromatic heterocycles. The van der Waals surface area contributed by atoms with Crippen LogP contribution in [0.4, 0.5) is 0 Å². The third kappa shape index (κ3) is 1.25. The fraction of sp³-hybridized carbons (Fsp3) is 0.889. The summed E-state index contributed by atoms with van der Waals surface area (Å²) in [6, 6.07) is 0. The van der Waals surface area contributed by atoms with Gasteiger partial charge in [-0.3, -0.25) is 4.79 Å². The number of carboxylic acid groups (broad SMARTS) is 1. The van der Waals surface area contributed by atoms with Crippen LogP contribution in [-0.4, -0.2) is 36.0 Å². The minimum absolute atomic E-state index is 0.0102. The number of carboxylic acids is 1. The number of carbonyl (C=O) groups is 1. The summed E-state index contributed by atoms with van der Waals surface area (Å²) in [5, 5.41) is 8.74. The van der Waals surface area contributed by atoms with E-state index in [1.807, 2.05) is 6.92 Å². The summed E-state index contributed by atoms with van der Waals surface area (Å²) < 4.78 is 11.1. The molecule has 1 N–H and O–H groups in total. The number of ether oxygens (including phenoxy) is 2. The number of rotatable bonds is 3. The second-order valence-corrected chi connectivity index (χ2v) is 3.78. The first-order valence-electron chi connectivity index (χ1n) is 4.65. The fourth-order valence-electron chi connectivity index (χ4n) is 2.34. The summed E-state index contributed by atoms with van der Waals surface area (Å²) in [6.45, 7) is 3.14. The van der Waals surface area contributed by atoms with Gasteiger partial charge in [0.1, 0.15) is 0 Å². The van der Waals surface area contributed by atoms with E-state index >= 15 is 0 Å². The molecule has 0 amide bonds. The molecule has 0 aromatic carbocycles. The highest BCUT2D eigenvalue weighted by molar-refractivity contribution is 5.67. The SMILES string of the molecule is CC[C@@]12CO[C@@H](CO1)[C@@H]2CC(=O)O. The largest absolute Gasteiger partial charge is 0.481 e. The monoisotopic (exact) mass is 186 g/mol. The van der Waals surface area contributed by atoms with Gasteiger partial charge in [-0.05, 0) is 6.42 Å². The van der Waals surface area contributed by atoms with Gasteiger partial charge in [0.15, 0.2) is 0 Å². The number of fused-ring (bicyclic) bond motifs is 2. The zero-order valence-corrected chi connectivity index (χ0v) is 7.66. The van der Waals surface area contributed by atoms with E-state index in [-0.39, 0.29) is 24.0 Å². The quantitative estimate of drug-likeness (QED) is 0.703.